The average molecular weight is 305 g/mol. The number of rotatable bonds is 15. The second-order valence-corrected chi connectivity index (χ2v) is 5.24. The molecule has 0 heterocycles. The lowest BCUT2D eigenvalue weighted by Gasteiger charge is -2.14. The first kappa shape index (κ1) is 20.3. The zero-order valence-electron chi connectivity index (χ0n) is 13.6. The summed E-state index contributed by atoms with van der Waals surface area (Å²) in [5.41, 5.74) is 0. The van der Waals surface area contributed by atoms with Crippen molar-refractivity contribution in [3.63, 3.8) is 0 Å². The summed E-state index contributed by atoms with van der Waals surface area (Å²) in [6.07, 6.45) is 2.64. The zero-order chi connectivity index (χ0) is 15.9. The predicted octanol–water partition coefficient (Wildman–Crippen LogP) is 1.54. The number of carboxylic acids is 1. The molecular formula is C15H31NO5. The van der Waals surface area contributed by atoms with Gasteiger partial charge in [-0.25, -0.2) is 0 Å². The lowest BCUT2D eigenvalue weighted by Crippen LogP contribution is -2.30. The van der Waals surface area contributed by atoms with Gasteiger partial charge in [0.1, 0.15) is 0 Å². The highest BCUT2D eigenvalue weighted by atomic mass is 16.5. The molecule has 2 N–H and O–H groups in total. The first-order valence-electron chi connectivity index (χ1n) is 7.68. The minimum Gasteiger partial charge on any atom is -0.481 e. The molecule has 0 aliphatic rings. The number of hydrogen-bond donors (Lipinski definition) is 2. The van der Waals surface area contributed by atoms with Crippen LogP contribution in [0.15, 0.2) is 0 Å². The van der Waals surface area contributed by atoms with Gasteiger partial charge in [-0.05, 0) is 19.8 Å². The topological polar surface area (TPSA) is 77.0 Å². The van der Waals surface area contributed by atoms with E-state index in [0.717, 1.165) is 25.8 Å². The van der Waals surface area contributed by atoms with Crippen molar-refractivity contribution in [2.24, 2.45) is 5.92 Å². The molecule has 0 amide bonds. The van der Waals surface area contributed by atoms with Crippen LogP contribution in [0.4, 0.5) is 0 Å². The highest BCUT2D eigenvalue weighted by Crippen LogP contribution is 2.09. The fourth-order valence-corrected chi connectivity index (χ4v) is 1.80. The monoisotopic (exact) mass is 305 g/mol. The third kappa shape index (κ3) is 14.0. The summed E-state index contributed by atoms with van der Waals surface area (Å²) in [7, 11) is 1.65. The molecule has 0 aliphatic carbocycles. The Kier molecular flexibility index (Phi) is 13.8. The Hall–Kier alpha value is -0.690. The normalized spacial score (nSPS) is 14.0. The molecule has 0 aromatic carbocycles. The summed E-state index contributed by atoms with van der Waals surface area (Å²) in [5, 5.41) is 12.2. The van der Waals surface area contributed by atoms with Gasteiger partial charge in [0.2, 0.25) is 0 Å². The molecule has 2 atom stereocenters. The van der Waals surface area contributed by atoms with E-state index in [4.69, 9.17) is 19.3 Å². The standard InChI is InChI=1S/C15H31NO5/c1-13(15(17)18)5-4-6-14(2)16-7-8-20-11-12-21-10-9-19-3/h13-14,16H,4-12H2,1-3H3,(H,17,18). The van der Waals surface area contributed by atoms with Gasteiger partial charge in [-0.2, -0.15) is 0 Å². The molecule has 0 radical (unpaired) electrons. The number of aliphatic carboxylic acids is 1. The van der Waals surface area contributed by atoms with Gasteiger partial charge in [0, 0.05) is 19.7 Å². The van der Waals surface area contributed by atoms with Crippen molar-refractivity contribution in [3.05, 3.63) is 0 Å². The lowest BCUT2D eigenvalue weighted by atomic mass is 10.0. The Morgan fingerprint density at radius 1 is 1.05 bits per heavy atom. The van der Waals surface area contributed by atoms with Gasteiger partial charge in [0.05, 0.1) is 39.0 Å². The maximum absolute atomic E-state index is 10.7. The van der Waals surface area contributed by atoms with Crippen LogP contribution in [0, 0.1) is 5.92 Å². The van der Waals surface area contributed by atoms with Crippen LogP contribution >= 0.6 is 0 Å². The number of methoxy groups -OCH3 is 1. The van der Waals surface area contributed by atoms with Crippen LogP contribution in [-0.2, 0) is 19.0 Å². The SMILES string of the molecule is COCCOCCOCCNC(C)CCCC(C)C(=O)O. The molecule has 0 aliphatic heterocycles. The van der Waals surface area contributed by atoms with E-state index >= 15 is 0 Å². The van der Waals surface area contributed by atoms with E-state index in [-0.39, 0.29) is 5.92 Å². The smallest absolute Gasteiger partial charge is 0.306 e. The summed E-state index contributed by atoms with van der Waals surface area (Å²) >= 11 is 0. The average Bonchev–Trinajstić information content (AvgIpc) is 2.45. The summed E-state index contributed by atoms with van der Waals surface area (Å²) in [6, 6.07) is 0.382. The zero-order valence-corrected chi connectivity index (χ0v) is 13.6. The summed E-state index contributed by atoms with van der Waals surface area (Å²) < 4.78 is 15.6. The second-order valence-electron chi connectivity index (χ2n) is 5.24. The van der Waals surface area contributed by atoms with Crippen LogP contribution in [0.25, 0.3) is 0 Å². The molecule has 6 heteroatoms. The Balaban J connectivity index is 3.26. The minimum absolute atomic E-state index is 0.251. The fraction of sp³-hybridized carbons (Fsp3) is 0.933. The number of carbonyl (C=O) groups is 1. The van der Waals surface area contributed by atoms with Crippen LogP contribution in [0.5, 0.6) is 0 Å². The first-order valence-corrected chi connectivity index (χ1v) is 7.68. The Bertz CT molecular complexity index is 250. The highest BCUT2D eigenvalue weighted by Gasteiger charge is 2.10. The largest absolute Gasteiger partial charge is 0.481 e. The number of carboxylic acid groups (broad SMARTS) is 1. The van der Waals surface area contributed by atoms with E-state index < -0.39 is 5.97 Å². The molecule has 2 unspecified atom stereocenters. The maximum Gasteiger partial charge on any atom is 0.306 e. The third-order valence-electron chi connectivity index (χ3n) is 3.24. The summed E-state index contributed by atoms with van der Waals surface area (Å²) in [4.78, 5) is 10.7. The van der Waals surface area contributed by atoms with Crippen molar-refractivity contribution < 1.29 is 24.1 Å². The maximum atomic E-state index is 10.7. The van der Waals surface area contributed by atoms with Gasteiger partial charge in [0.15, 0.2) is 0 Å². The van der Waals surface area contributed by atoms with Gasteiger partial charge in [-0.15, -0.1) is 0 Å². The fourth-order valence-electron chi connectivity index (χ4n) is 1.80. The van der Waals surface area contributed by atoms with Gasteiger partial charge >= 0.3 is 5.97 Å². The van der Waals surface area contributed by atoms with Gasteiger partial charge < -0.3 is 24.6 Å². The molecule has 126 valence electrons. The van der Waals surface area contributed by atoms with Crippen LogP contribution in [0.2, 0.25) is 0 Å². The quantitative estimate of drug-likeness (QED) is 0.447. The number of ether oxygens (including phenoxy) is 3. The van der Waals surface area contributed by atoms with E-state index in [0.29, 0.717) is 39.1 Å². The van der Waals surface area contributed by atoms with E-state index in [1.54, 1.807) is 14.0 Å². The molecular weight excluding hydrogens is 274 g/mol. The Morgan fingerprint density at radius 3 is 2.29 bits per heavy atom. The molecule has 0 aromatic rings. The molecule has 0 saturated heterocycles. The summed E-state index contributed by atoms with van der Waals surface area (Å²) in [6.45, 7) is 7.71. The number of nitrogens with one attached hydrogen (secondary N) is 1. The van der Waals surface area contributed by atoms with E-state index in [1.165, 1.54) is 0 Å². The molecule has 0 saturated carbocycles. The predicted molar refractivity (Wildman–Crippen MR) is 81.6 cm³/mol. The molecule has 0 rings (SSSR count). The van der Waals surface area contributed by atoms with Crippen molar-refractivity contribution in [1.82, 2.24) is 5.32 Å². The Labute approximate surface area is 128 Å². The van der Waals surface area contributed by atoms with Gasteiger partial charge in [0.25, 0.3) is 0 Å². The van der Waals surface area contributed by atoms with Crippen molar-refractivity contribution in [2.45, 2.75) is 39.2 Å². The van der Waals surface area contributed by atoms with Gasteiger partial charge in [-0.1, -0.05) is 13.3 Å². The van der Waals surface area contributed by atoms with Crippen LogP contribution in [0.1, 0.15) is 33.1 Å². The minimum atomic E-state index is -0.711. The lowest BCUT2D eigenvalue weighted by molar-refractivity contribution is -0.141. The second kappa shape index (κ2) is 14.3. The molecule has 0 fully saturated rings. The molecule has 0 spiro atoms. The van der Waals surface area contributed by atoms with Crippen LogP contribution in [0.3, 0.4) is 0 Å². The summed E-state index contributed by atoms with van der Waals surface area (Å²) in [5.74, 6) is -0.963. The van der Waals surface area contributed by atoms with E-state index in [9.17, 15) is 4.79 Å². The van der Waals surface area contributed by atoms with Crippen molar-refractivity contribution in [2.75, 3.05) is 46.7 Å². The van der Waals surface area contributed by atoms with E-state index in [1.807, 2.05) is 0 Å². The molecule has 0 aromatic heterocycles. The molecule has 0 bridgehead atoms. The van der Waals surface area contributed by atoms with Crippen LogP contribution < -0.4 is 5.32 Å². The molecule has 21 heavy (non-hydrogen) atoms. The van der Waals surface area contributed by atoms with Crippen molar-refractivity contribution >= 4 is 5.97 Å². The Morgan fingerprint density at radius 2 is 1.67 bits per heavy atom. The highest BCUT2D eigenvalue weighted by molar-refractivity contribution is 5.69. The van der Waals surface area contributed by atoms with Gasteiger partial charge in [-0.3, -0.25) is 4.79 Å². The van der Waals surface area contributed by atoms with Crippen molar-refractivity contribution in [1.29, 1.82) is 0 Å². The number of hydrogen-bond acceptors (Lipinski definition) is 5. The van der Waals surface area contributed by atoms with Crippen LogP contribution in [-0.4, -0.2) is 63.8 Å². The first-order chi connectivity index (χ1) is 10.1. The third-order valence-corrected chi connectivity index (χ3v) is 3.24. The molecule has 6 nitrogen and oxygen atoms in total. The van der Waals surface area contributed by atoms with E-state index in [2.05, 4.69) is 12.2 Å². The van der Waals surface area contributed by atoms with Crippen molar-refractivity contribution in [3.8, 4) is 0 Å².